The van der Waals surface area contributed by atoms with Gasteiger partial charge in [-0.15, -0.1) is 0 Å². The Bertz CT molecular complexity index is 2090. The van der Waals surface area contributed by atoms with Gasteiger partial charge < -0.3 is 15.4 Å². The molecule has 6 saturated carbocycles. The number of hydrogen-bond acceptors (Lipinski definition) is 4. The summed E-state index contributed by atoms with van der Waals surface area (Å²) in [7, 11) is 0. The molecule has 6 fully saturated rings. The van der Waals surface area contributed by atoms with Gasteiger partial charge in [0.2, 0.25) is 0 Å². The normalized spacial score (nSPS) is 39.4. The lowest BCUT2D eigenvalue weighted by Gasteiger charge is -2.72. The van der Waals surface area contributed by atoms with Crippen LogP contribution >= 0.6 is 11.6 Å². The highest BCUT2D eigenvalue weighted by molar-refractivity contribution is 6.30. The van der Waals surface area contributed by atoms with Crippen molar-refractivity contribution in [3.05, 3.63) is 81.9 Å². The molecule has 7 aliphatic rings. The van der Waals surface area contributed by atoms with Crippen LogP contribution < -0.4 is 10.6 Å². The maximum Gasteiger partial charge on any atom is 0.316 e. The summed E-state index contributed by atoms with van der Waals surface area (Å²) in [5.41, 5.74) is 3.62. The van der Waals surface area contributed by atoms with Crippen molar-refractivity contribution in [3.63, 3.8) is 0 Å². The number of hydrogen-bond donors (Lipinski definition) is 2. The quantitative estimate of drug-likeness (QED) is 0.259. The number of carbonyl (C=O) groups excluding carboxylic acids is 3. The number of benzene rings is 2. The number of ether oxygens (including phenoxy) is 1. The SMILES string of the molecule is CC(C)C1=C2[C@H]3CC[C@@H]4[C@@]5(C)CC[C@H](OC(=O)[C@H]6C[C@@H](Cc7ccccc7)C6(C)C)C(C)(C)[C@@H]5CC[C@@]4(C)[C@]3(C)CC[C@@]2(NC(=O)NC2(c3ccc(Cl)cc3)CC2)CC1=O. The van der Waals surface area contributed by atoms with Gasteiger partial charge in [0.25, 0.3) is 0 Å². The van der Waals surface area contributed by atoms with Crippen LogP contribution in [-0.4, -0.2) is 29.4 Å². The van der Waals surface area contributed by atoms with E-state index in [0.717, 1.165) is 88.2 Å². The summed E-state index contributed by atoms with van der Waals surface area (Å²) >= 11 is 6.22. The van der Waals surface area contributed by atoms with E-state index in [1.807, 2.05) is 24.3 Å². The predicted molar refractivity (Wildman–Crippen MR) is 239 cm³/mol. The number of rotatable bonds is 8. The lowest BCUT2D eigenvalue weighted by molar-refractivity contribution is -0.235. The monoisotopic (exact) mass is 835 g/mol. The molecule has 0 radical (unpaired) electrons. The molecule has 2 N–H and O–H groups in total. The third-order valence-electron chi connectivity index (χ3n) is 19.6. The summed E-state index contributed by atoms with van der Waals surface area (Å²) in [4.78, 5) is 42.4. The fourth-order valence-corrected chi connectivity index (χ4v) is 15.8. The average molecular weight is 836 g/mol. The highest BCUT2D eigenvalue weighted by Gasteiger charge is 2.70. The zero-order chi connectivity index (χ0) is 42.8. The van der Waals surface area contributed by atoms with E-state index >= 15 is 0 Å². The minimum atomic E-state index is -0.647. The maximum absolute atomic E-state index is 14.2. The van der Waals surface area contributed by atoms with E-state index in [2.05, 4.69) is 103 Å². The average Bonchev–Trinajstić information content (AvgIpc) is 3.89. The van der Waals surface area contributed by atoms with Crippen molar-refractivity contribution in [2.24, 2.45) is 62.6 Å². The van der Waals surface area contributed by atoms with Crippen molar-refractivity contribution in [2.75, 3.05) is 0 Å². The molecule has 6 nitrogen and oxygen atoms in total. The lowest BCUT2D eigenvalue weighted by atomic mass is 9.33. The molecule has 0 heterocycles. The molecular formula is C53H71ClN2O4. The Balaban J connectivity index is 0.930. The van der Waals surface area contributed by atoms with Gasteiger partial charge in [-0.05, 0) is 163 Å². The molecule has 0 bridgehead atoms. The van der Waals surface area contributed by atoms with Crippen LogP contribution in [0.15, 0.2) is 65.7 Å². The van der Waals surface area contributed by atoms with E-state index in [1.54, 1.807) is 0 Å². The van der Waals surface area contributed by atoms with Crippen molar-refractivity contribution in [3.8, 4) is 0 Å². The van der Waals surface area contributed by atoms with Crippen LogP contribution in [0.1, 0.15) is 150 Å². The van der Waals surface area contributed by atoms with E-state index in [0.29, 0.717) is 29.2 Å². The fourth-order valence-electron chi connectivity index (χ4n) is 15.7. The molecular weight excluding hydrogens is 764 g/mol. The minimum absolute atomic E-state index is 0.00772. The number of carbonyl (C=O) groups is 3. The summed E-state index contributed by atoms with van der Waals surface area (Å²) < 4.78 is 6.68. The van der Waals surface area contributed by atoms with Crippen LogP contribution in [0, 0.1) is 62.6 Å². The van der Waals surface area contributed by atoms with E-state index in [1.165, 1.54) is 11.1 Å². The first-order valence-electron chi connectivity index (χ1n) is 23.6. The lowest BCUT2D eigenvalue weighted by Crippen LogP contribution is -2.67. The number of fused-ring (bicyclic) bond motifs is 7. The number of allylic oxidation sites excluding steroid dienone is 1. The molecule has 2 aromatic carbocycles. The number of esters is 1. The summed E-state index contributed by atoms with van der Waals surface area (Å²) in [5.74, 6) is 2.00. The van der Waals surface area contributed by atoms with Gasteiger partial charge in [-0.2, -0.15) is 0 Å². The zero-order valence-corrected chi connectivity index (χ0v) is 38.7. The van der Waals surface area contributed by atoms with Crippen molar-refractivity contribution in [1.29, 1.82) is 0 Å². The Kier molecular flexibility index (Phi) is 9.98. The van der Waals surface area contributed by atoms with Crippen LogP contribution in [0.5, 0.6) is 0 Å². The summed E-state index contributed by atoms with van der Waals surface area (Å²) in [6.07, 6.45) is 12.2. The van der Waals surface area contributed by atoms with Crippen LogP contribution in [-0.2, 0) is 26.3 Å². The van der Waals surface area contributed by atoms with E-state index in [9.17, 15) is 14.4 Å². The smallest absolute Gasteiger partial charge is 0.316 e. The van der Waals surface area contributed by atoms with Gasteiger partial charge in [0, 0.05) is 16.9 Å². The molecule has 9 rings (SSSR count). The van der Waals surface area contributed by atoms with Gasteiger partial charge in [-0.3, -0.25) is 9.59 Å². The third kappa shape index (κ3) is 6.23. The highest BCUT2D eigenvalue weighted by atomic mass is 35.5. The second-order valence-corrected chi connectivity index (χ2v) is 23.7. The van der Waals surface area contributed by atoms with E-state index in [-0.39, 0.29) is 74.3 Å². The van der Waals surface area contributed by atoms with Gasteiger partial charge in [-0.25, -0.2) is 4.79 Å². The van der Waals surface area contributed by atoms with Crippen molar-refractivity contribution < 1.29 is 19.1 Å². The first-order valence-corrected chi connectivity index (χ1v) is 24.0. The van der Waals surface area contributed by atoms with Crippen LogP contribution in [0.25, 0.3) is 0 Å². The zero-order valence-electron chi connectivity index (χ0n) is 37.9. The number of nitrogens with one attached hydrogen (secondary N) is 2. The van der Waals surface area contributed by atoms with Gasteiger partial charge >= 0.3 is 12.0 Å². The Labute approximate surface area is 365 Å². The van der Waals surface area contributed by atoms with E-state index in [4.69, 9.17) is 16.3 Å². The van der Waals surface area contributed by atoms with Crippen LogP contribution in [0.4, 0.5) is 4.79 Å². The van der Waals surface area contributed by atoms with Crippen LogP contribution in [0.3, 0.4) is 0 Å². The number of urea groups is 1. The number of halogens is 1. The van der Waals surface area contributed by atoms with Crippen molar-refractivity contribution >= 4 is 29.4 Å². The largest absolute Gasteiger partial charge is 0.462 e. The molecule has 0 unspecified atom stereocenters. The molecule has 60 heavy (non-hydrogen) atoms. The molecule has 10 atom stereocenters. The molecule has 2 aromatic rings. The Morgan fingerprint density at radius 3 is 2.07 bits per heavy atom. The summed E-state index contributed by atoms with van der Waals surface area (Å²) in [5, 5.41) is 7.61. The number of ketones is 1. The molecule has 2 amide bonds. The second kappa shape index (κ2) is 14.2. The third-order valence-corrected chi connectivity index (χ3v) is 19.8. The van der Waals surface area contributed by atoms with Crippen molar-refractivity contribution in [2.45, 2.75) is 163 Å². The predicted octanol–water partition coefficient (Wildman–Crippen LogP) is 12.2. The second-order valence-electron chi connectivity index (χ2n) is 23.2. The number of amides is 2. The van der Waals surface area contributed by atoms with Crippen LogP contribution in [0.2, 0.25) is 5.02 Å². The maximum atomic E-state index is 14.2. The van der Waals surface area contributed by atoms with Gasteiger partial charge in [0.1, 0.15) is 6.10 Å². The molecule has 0 aliphatic heterocycles. The summed E-state index contributed by atoms with van der Waals surface area (Å²) in [6.45, 7) is 21.5. The highest BCUT2D eigenvalue weighted by Crippen LogP contribution is 2.76. The molecule has 0 spiro atoms. The Morgan fingerprint density at radius 1 is 0.750 bits per heavy atom. The van der Waals surface area contributed by atoms with E-state index < -0.39 is 5.54 Å². The topological polar surface area (TPSA) is 84.5 Å². The van der Waals surface area contributed by atoms with Gasteiger partial charge in [0.05, 0.1) is 17.0 Å². The fraction of sp³-hybridized carbons (Fsp3) is 0.679. The standard InChI is InChI=1S/C53H71ClN2O4/c1-32(2)43-39(57)31-53(56-46(59)55-52(27-28-52)34-15-17-36(54)18-16-34)26-25-50(8)37(44(43)53)19-20-41-49(7)23-22-42(48(5,6)40(49)21-24-51(41,50)9)60-45(58)38-30-35(47(38,3)4)29-33-13-11-10-12-14-33/h10-18,32,35,37-38,40-42H,19-31H2,1-9H3,(H2,55,56,59)/t35-,37-,38-,40+,41-,42+,49+,50-,51-,53-/m1/s1. The molecule has 324 valence electrons. The molecule has 0 saturated heterocycles. The van der Waals surface area contributed by atoms with Crippen molar-refractivity contribution in [1.82, 2.24) is 10.6 Å². The molecule has 0 aromatic heterocycles. The van der Waals surface area contributed by atoms with Gasteiger partial charge in [0.15, 0.2) is 5.78 Å². The Morgan fingerprint density at radius 2 is 1.42 bits per heavy atom. The minimum Gasteiger partial charge on any atom is -0.462 e. The first kappa shape index (κ1) is 42.2. The molecule has 7 heteroatoms. The van der Waals surface area contributed by atoms with Gasteiger partial charge in [-0.1, -0.05) is 116 Å². The first-order chi connectivity index (χ1) is 28.2. The Hall–Kier alpha value is -3.12. The summed E-state index contributed by atoms with van der Waals surface area (Å²) in [6, 6.07) is 18.4. The number of Topliss-reactive ketones (excluding diaryl/α,β-unsaturated/α-hetero) is 1. The molecule has 7 aliphatic carbocycles.